The molecule has 0 atom stereocenters. The Kier molecular flexibility index (Phi) is 6.06. The van der Waals surface area contributed by atoms with E-state index in [9.17, 15) is 19.7 Å². The largest absolute Gasteiger partial charge is 0.490 e. The van der Waals surface area contributed by atoms with Crippen LogP contribution in [0.4, 0.5) is 5.69 Å². The predicted molar refractivity (Wildman–Crippen MR) is 80.3 cm³/mol. The Morgan fingerprint density at radius 1 is 1.17 bits per heavy atom. The fourth-order valence-corrected chi connectivity index (χ4v) is 2.01. The zero-order valence-electron chi connectivity index (χ0n) is 13.5. The molecule has 0 aliphatic carbocycles. The summed E-state index contributed by atoms with van der Waals surface area (Å²) in [7, 11) is 1.26. The third-order valence-corrected chi connectivity index (χ3v) is 3.32. The molecule has 0 bridgehead atoms. The van der Waals surface area contributed by atoms with Gasteiger partial charge in [-0.15, -0.1) is 0 Å². The number of methoxy groups -OCH3 is 1. The van der Waals surface area contributed by atoms with Crippen molar-refractivity contribution in [2.45, 2.75) is 26.2 Å². The van der Waals surface area contributed by atoms with Crippen LogP contribution in [-0.4, -0.2) is 37.2 Å². The molecule has 0 radical (unpaired) electrons. The Hall–Kier alpha value is -2.64. The topological polar surface area (TPSA) is 105 Å². The van der Waals surface area contributed by atoms with Gasteiger partial charge in [0.15, 0.2) is 11.2 Å². The van der Waals surface area contributed by atoms with Crippen LogP contribution in [0.25, 0.3) is 0 Å². The average molecular weight is 325 g/mol. The molecule has 126 valence electrons. The van der Waals surface area contributed by atoms with Crippen LogP contribution in [0.2, 0.25) is 0 Å². The minimum Gasteiger partial charge on any atom is -0.490 e. The van der Waals surface area contributed by atoms with Gasteiger partial charge < -0.3 is 14.2 Å². The number of carbonyl (C=O) groups is 2. The zero-order valence-corrected chi connectivity index (χ0v) is 13.5. The standard InChI is InChI=1S/C15H19NO7/c1-5-22-13(17)15(3,14(18)23-6-2)10-7-8-11(16(19)20)12(9-10)21-4/h7-9H,5-6H2,1-4H3. The van der Waals surface area contributed by atoms with Crippen molar-refractivity contribution in [2.24, 2.45) is 0 Å². The van der Waals surface area contributed by atoms with Crippen LogP contribution >= 0.6 is 0 Å². The summed E-state index contributed by atoms with van der Waals surface area (Å²) in [4.78, 5) is 34.9. The van der Waals surface area contributed by atoms with E-state index in [4.69, 9.17) is 14.2 Å². The maximum Gasteiger partial charge on any atom is 0.327 e. The molecule has 0 N–H and O–H groups in total. The lowest BCUT2D eigenvalue weighted by molar-refractivity contribution is -0.385. The molecular weight excluding hydrogens is 306 g/mol. The van der Waals surface area contributed by atoms with Gasteiger partial charge in [0.25, 0.3) is 0 Å². The number of hydrogen-bond donors (Lipinski definition) is 0. The molecular formula is C15H19NO7. The lowest BCUT2D eigenvalue weighted by atomic mass is 9.82. The number of carbonyl (C=O) groups excluding carboxylic acids is 2. The van der Waals surface area contributed by atoms with Crippen molar-refractivity contribution >= 4 is 17.6 Å². The summed E-state index contributed by atoms with van der Waals surface area (Å²) in [6, 6.07) is 3.76. The van der Waals surface area contributed by atoms with E-state index in [0.29, 0.717) is 0 Å². The number of esters is 2. The second-order valence-corrected chi connectivity index (χ2v) is 4.71. The zero-order chi connectivity index (χ0) is 17.6. The van der Waals surface area contributed by atoms with E-state index in [1.54, 1.807) is 13.8 Å². The highest BCUT2D eigenvalue weighted by Crippen LogP contribution is 2.35. The van der Waals surface area contributed by atoms with E-state index in [0.717, 1.165) is 0 Å². The van der Waals surface area contributed by atoms with Crippen LogP contribution in [0, 0.1) is 10.1 Å². The number of nitro groups is 1. The number of nitrogens with zero attached hydrogens (tertiary/aromatic N) is 1. The maximum atomic E-state index is 12.3. The van der Waals surface area contributed by atoms with Crippen LogP contribution in [0.15, 0.2) is 18.2 Å². The molecule has 0 saturated carbocycles. The van der Waals surface area contributed by atoms with Crippen molar-refractivity contribution in [3.05, 3.63) is 33.9 Å². The molecule has 0 amide bonds. The van der Waals surface area contributed by atoms with Crippen molar-refractivity contribution in [1.82, 2.24) is 0 Å². The summed E-state index contributed by atoms with van der Waals surface area (Å²) in [5, 5.41) is 11.0. The molecule has 0 heterocycles. The summed E-state index contributed by atoms with van der Waals surface area (Å²) in [6.45, 7) is 4.74. The first-order valence-electron chi connectivity index (χ1n) is 7.00. The van der Waals surface area contributed by atoms with E-state index < -0.39 is 22.3 Å². The van der Waals surface area contributed by atoms with Crippen LogP contribution in [0.1, 0.15) is 26.3 Å². The predicted octanol–water partition coefficient (Wildman–Crippen LogP) is 1.99. The van der Waals surface area contributed by atoms with Gasteiger partial charge in [0, 0.05) is 6.07 Å². The van der Waals surface area contributed by atoms with Crippen LogP contribution in [0.5, 0.6) is 5.75 Å². The number of rotatable bonds is 7. The van der Waals surface area contributed by atoms with Crippen molar-refractivity contribution in [3.63, 3.8) is 0 Å². The number of ether oxygens (including phenoxy) is 3. The Morgan fingerprint density at radius 3 is 2.09 bits per heavy atom. The molecule has 0 aliphatic heterocycles. The highest BCUT2D eigenvalue weighted by Gasteiger charge is 2.46. The normalized spacial score (nSPS) is 10.8. The summed E-state index contributed by atoms with van der Waals surface area (Å²) in [6.07, 6.45) is 0. The average Bonchev–Trinajstić information content (AvgIpc) is 2.53. The van der Waals surface area contributed by atoms with Crippen molar-refractivity contribution in [3.8, 4) is 5.75 Å². The second kappa shape index (κ2) is 7.57. The Labute approximate surface area is 133 Å². The highest BCUT2D eigenvalue weighted by atomic mass is 16.6. The fourth-order valence-electron chi connectivity index (χ4n) is 2.01. The molecule has 23 heavy (non-hydrogen) atoms. The van der Waals surface area contributed by atoms with E-state index in [-0.39, 0.29) is 30.2 Å². The van der Waals surface area contributed by atoms with Gasteiger partial charge in [0.05, 0.1) is 25.2 Å². The molecule has 0 aromatic heterocycles. The molecule has 1 aromatic carbocycles. The van der Waals surface area contributed by atoms with Gasteiger partial charge in [-0.25, -0.2) is 0 Å². The minimum atomic E-state index is -1.74. The molecule has 0 saturated heterocycles. The molecule has 0 unspecified atom stereocenters. The lowest BCUT2D eigenvalue weighted by Gasteiger charge is -2.25. The third kappa shape index (κ3) is 3.58. The van der Waals surface area contributed by atoms with E-state index in [2.05, 4.69) is 0 Å². The van der Waals surface area contributed by atoms with Gasteiger partial charge in [0.1, 0.15) is 0 Å². The smallest absolute Gasteiger partial charge is 0.327 e. The summed E-state index contributed by atoms with van der Waals surface area (Å²) in [5.74, 6) is -1.66. The molecule has 8 nitrogen and oxygen atoms in total. The molecule has 1 rings (SSSR count). The Bertz CT molecular complexity index is 594. The molecule has 8 heteroatoms. The number of benzene rings is 1. The van der Waals surface area contributed by atoms with Gasteiger partial charge in [0.2, 0.25) is 0 Å². The first kappa shape index (κ1) is 18.4. The first-order chi connectivity index (χ1) is 10.8. The lowest BCUT2D eigenvalue weighted by Crippen LogP contribution is -2.43. The fraction of sp³-hybridized carbons (Fsp3) is 0.467. The maximum absolute atomic E-state index is 12.3. The Balaban J connectivity index is 3.45. The van der Waals surface area contributed by atoms with Gasteiger partial charge >= 0.3 is 17.6 Å². The monoisotopic (exact) mass is 325 g/mol. The summed E-state index contributed by atoms with van der Waals surface area (Å²) >= 11 is 0. The Morgan fingerprint density at radius 2 is 1.70 bits per heavy atom. The third-order valence-electron chi connectivity index (χ3n) is 3.32. The van der Waals surface area contributed by atoms with Gasteiger partial charge in [-0.1, -0.05) is 6.07 Å². The molecule has 0 aliphatic rings. The second-order valence-electron chi connectivity index (χ2n) is 4.71. The van der Waals surface area contributed by atoms with E-state index in [1.165, 1.54) is 32.2 Å². The summed E-state index contributed by atoms with van der Waals surface area (Å²) in [5.41, 5.74) is -1.82. The minimum absolute atomic E-state index is 0.0627. The van der Waals surface area contributed by atoms with Crippen molar-refractivity contribution in [2.75, 3.05) is 20.3 Å². The number of nitro benzene ring substituents is 1. The quantitative estimate of drug-likeness (QED) is 0.327. The van der Waals surface area contributed by atoms with E-state index >= 15 is 0 Å². The highest BCUT2D eigenvalue weighted by molar-refractivity contribution is 6.06. The molecule has 0 spiro atoms. The van der Waals surface area contributed by atoms with Crippen LogP contribution in [-0.2, 0) is 24.5 Å². The van der Waals surface area contributed by atoms with Crippen molar-refractivity contribution in [1.29, 1.82) is 0 Å². The van der Waals surface area contributed by atoms with Gasteiger partial charge in [-0.3, -0.25) is 19.7 Å². The molecule has 1 aromatic rings. The van der Waals surface area contributed by atoms with Crippen LogP contribution < -0.4 is 4.74 Å². The van der Waals surface area contributed by atoms with E-state index in [1.807, 2.05) is 0 Å². The number of hydrogen-bond acceptors (Lipinski definition) is 7. The van der Waals surface area contributed by atoms with Gasteiger partial charge in [-0.05, 0) is 32.4 Å². The SMILES string of the molecule is CCOC(=O)C(C)(C(=O)OCC)c1ccc([N+](=O)[O-])c(OC)c1. The molecule has 0 fully saturated rings. The summed E-state index contributed by atoms with van der Waals surface area (Å²) < 4.78 is 14.9. The van der Waals surface area contributed by atoms with Gasteiger partial charge in [-0.2, -0.15) is 0 Å². The van der Waals surface area contributed by atoms with Crippen LogP contribution in [0.3, 0.4) is 0 Å². The van der Waals surface area contributed by atoms with Crippen molar-refractivity contribution < 1.29 is 28.7 Å². The first-order valence-corrected chi connectivity index (χ1v) is 7.00.